The van der Waals surface area contributed by atoms with Crippen molar-refractivity contribution < 1.29 is 4.79 Å². The predicted molar refractivity (Wildman–Crippen MR) is 100 cm³/mol. The molecule has 1 aliphatic carbocycles. The van der Waals surface area contributed by atoms with E-state index >= 15 is 0 Å². The van der Waals surface area contributed by atoms with Gasteiger partial charge in [-0.3, -0.25) is 4.79 Å². The van der Waals surface area contributed by atoms with E-state index in [0.29, 0.717) is 5.91 Å². The summed E-state index contributed by atoms with van der Waals surface area (Å²) in [5.74, 6) is 2.96. The molecule has 3 heterocycles. The third kappa shape index (κ3) is 3.76. The molecule has 26 heavy (non-hydrogen) atoms. The fraction of sp³-hybridized carbons (Fsp3) is 0.474. The third-order valence-corrected chi connectivity index (χ3v) is 5.19. The number of anilines is 3. The molecule has 7 heteroatoms. The minimum Gasteiger partial charge on any atom is -0.353 e. The Balaban J connectivity index is 1.37. The summed E-state index contributed by atoms with van der Waals surface area (Å²) in [6.07, 6.45) is 7.83. The van der Waals surface area contributed by atoms with Crippen molar-refractivity contribution in [1.29, 1.82) is 0 Å². The van der Waals surface area contributed by atoms with Gasteiger partial charge in [0.2, 0.25) is 5.91 Å². The van der Waals surface area contributed by atoms with Crippen LogP contribution in [0.5, 0.6) is 0 Å². The molecule has 2 aromatic heterocycles. The van der Waals surface area contributed by atoms with Gasteiger partial charge < -0.3 is 15.1 Å². The van der Waals surface area contributed by atoms with Gasteiger partial charge in [0, 0.05) is 44.4 Å². The zero-order chi connectivity index (χ0) is 17.8. The molecule has 1 aliphatic heterocycles. The molecule has 0 radical (unpaired) electrons. The molecule has 1 amide bonds. The van der Waals surface area contributed by atoms with Gasteiger partial charge in [-0.05, 0) is 25.0 Å². The number of hydrogen-bond donors (Lipinski definition) is 1. The number of pyridine rings is 1. The van der Waals surface area contributed by atoms with Crippen molar-refractivity contribution in [1.82, 2.24) is 19.9 Å². The highest BCUT2D eigenvalue weighted by atomic mass is 16.2. The Kier molecular flexibility index (Phi) is 4.95. The maximum Gasteiger partial charge on any atom is 0.225 e. The minimum absolute atomic E-state index is 0.259. The first kappa shape index (κ1) is 16.8. The van der Waals surface area contributed by atoms with Crippen LogP contribution in [0.1, 0.15) is 25.7 Å². The van der Waals surface area contributed by atoms with Crippen molar-refractivity contribution in [2.24, 2.45) is 5.92 Å². The molecule has 7 nitrogen and oxygen atoms in total. The molecule has 0 aromatic carbocycles. The van der Waals surface area contributed by atoms with Crippen LogP contribution in [-0.2, 0) is 4.79 Å². The fourth-order valence-electron chi connectivity index (χ4n) is 3.74. The van der Waals surface area contributed by atoms with Gasteiger partial charge in [-0.1, -0.05) is 18.9 Å². The smallest absolute Gasteiger partial charge is 0.225 e. The third-order valence-electron chi connectivity index (χ3n) is 5.19. The second kappa shape index (κ2) is 7.68. The molecule has 2 aromatic rings. The van der Waals surface area contributed by atoms with Crippen LogP contribution in [0.25, 0.3) is 0 Å². The summed E-state index contributed by atoms with van der Waals surface area (Å²) in [6.45, 7) is 3.14. The summed E-state index contributed by atoms with van der Waals surface area (Å²) >= 11 is 0. The summed E-state index contributed by atoms with van der Waals surface area (Å²) in [4.78, 5) is 29.7. The Morgan fingerprint density at radius 3 is 2.54 bits per heavy atom. The molecule has 0 atom stereocenters. The van der Waals surface area contributed by atoms with E-state index in [2.05, 4.69) is 25.2 Å². The van der Waals surface area contributed by atoms with Crippen molar-refractivity contribution >= 4 is 23.4 Å². The first-order valence-electron chi connectivity index (χ1n) is 9.33. The monoisotopic (exact) mass is 352 g/mol. The number of carbonyl (C=O) groups excluding carboxylic acids is 1. The van der Waals surface area contributed by atoms with E-state index in [1.807, 2.05) is 29.2 Å². The maximum absolute atomic E-state index is 12.6. The average Bonchev–Trinajstić information content (AvgIpc) is 3.23. The highest BCUT2D eigenvalue weighted by molar-refractivity contribution is 5.79. The van der Waals surface area contributed by atoms with Crippen LogP contribution < -0.4 is 10.2 Å². The number of nitrogens with zero attached hydrogens (tertiary/aromatic N) is 5. The van der Waals surface area contributed by atoms with Gasteiger partial charge in [0.05, 0.1) is 0 Å². The molecule has 136 valence electrons. The second-order valence-electron chi connectivity index (χ2n) is 6.90. The Bertz CT molecular complexity index is 739. The van der Waals surface area contributed by atoms with Crippen LogP contribution in [0.15, 0.2) is 36.8 Å². The zero-order valence-electron chi connectivity index (χ0n) is 14.8. The fourth-order valence-corrected chi connectivity index (χ4v) is 3.74. The quantitative estimate of drug-likeness (QED) is 0.911. The molecular formula is C19H24N6O. The summed E-state index contributed by atoms with van der Waals surface area (Å²) in [5.41, 5.74) is 0. The van der Waals surface area contributed by atoms with E-state index in [9.17, 15) is 4.79 Å². The lowest BCUT2D eigenvalue weighted by atomic mass is 10.1. The van der Waals surface area contributed by atoms with Crippen molar-refractivity contribution in [2.75, 3.05) is 36.4 Å². The van der Waals surface area contributed by atoms with Crippen LogP contribution in [0.3, 0.4) is 0 Å². The molecule has 1 saturated carbocycles. The molecule has 0 bridgehead atoms. The van der Waals surface area contributed by atoms with Crippen LogP contribution in [0.4, 0.5) is 17.5 Å². The Hall–Kier alpha value is -2.70. The lowest BCUT2D eigenvalue weighted by molar-refractivity contribution is -0.135. The largest absolute Gasteiger partial charge is 0.353 e. The van der Waals surface area contributed by atoms with Crippen LogP contribution >= 0.6 is 0 Å². The first-order chi connectivity index (χ1) is 12.8. The number of hydrogen-bond acceptors (Lipinski definition) is 6. The number of carbonyl (C=O) groups is 1. The van der Waals surface area contributed by atoms with Crippen molar-refractivity contribution in [3.05, 3.63) is 36.8 Å². The van der Waals surface area contributed by atoms with Crippen molar-refractivity contribution in [3.8, 4) is 0 Å². The van der Waals surface area contributed by atoms with E-state index in [0.717, 1.165) is 56.5 Å². The summed E-state index contributed by atoms with van der Waals surface area (Å²) in [5, 5.41) is 3.19. The van der Waals surface area contributed by atoms with Crippen molar-refractivity contribution in [3.63, 3.8) is 0 Å². The summed E-state index contributed by atoms with van der Waals surface area (Å²) in [6, 6.07) is 7.64. The topological polar surface area (TPSA) is 74.2 Å². The van der Waals surface area contributed by atoms with Crippen LogP contribution in [0.2, 0.25) is 0 Å². The maximum atomic E-state index is 12.6. The molecule has 1 saturated heterocycles. The predicted octanol–water partition coefficient (Wildman–Crippen LogP) is 2.45. The molecule has 4 rings (SSSR count). The lowest BCUT2D eigenvalue weighted by Crippen LogP contribution is -2.50. The van der Waals surface area contributed by atoms with E-state index < -0.39 is 0 Å². The summed E-state index contributed by atoms with van der Waals surface area (Å²) < 4.78 is 0. The second-order valence-corrected chi connectivity index (χ2v) is 6.90. The van der Waals surface area contributed by atoms with Gasteiger partial charge in [0.25, 0.3) is 0 Å². The average molecular weight is 352 g/mol. The van der Waals surface area contributed by atoms with Gasteiger partial charge in [-0.2, -0.15) is 0 Å². The molecule has 0 spiro atoms. The van der Waals surface area contributed by atoms with Gasteiger partial charge in [0.15, 0.2) is 0 Å². The van der Waals surface area contributed by atoms with Crippen molar-refractivity contribution in [2.45, 2.75) is 25.7 Å². The molecule has 0 unspecified atom stereocenters. The Morgan fingerprint density at radius 1 is 1.00 bits per heavy atom. The Morgan fingerprint density at radius 2 is 1.81 bits per heavy atom. The lowest BCUT2D eigenvalue weighted by Gasteiger charge is -2.36. The standard InChI is InChI=1S/C19H24N6O/c26-19(15-5-1-2-6-15)25-11-9-24(10-12-25)18-13-17(21-14-22-18)23-16-7-3-4-8-20-16/h3-4,7-8,13-15H,1-2,5-6,9-12H2,(H,20,21,22,23). The van der Waals surface area contributed by atoms with Gasteiger partial charge in [-0.25, -0.2) is 15.0 Å². The Labute approximate surface area is 153 Å². The van der Waals surface area contributed by atoms with E-state index in [4.69, 9.17) is 0 Å². The number of amides is 1. The molecular weight excluding hydrogens is 328 g/mol. The van der Waals surface area contributed by atoms with Gasteiger partial charge in [-0.15, -0.1) is 0 Å². The SMILES string of the molecule is O=C(C1CCCC1)N1CCN(c2cc(Nc3ccccn3)ncn2)CC1. The number of aromatic nitrogens is 3. The normalized spacial score (nSPS) is 18.2. The molecule has 2 fully saturated rings. The van der Waals surface area contributed by atoms with Gasteiger partial charge >= 0.3 is 0 Å². The van der Waals surface area contributed by atoms with E-state index in [1.165, 1.54) is 12.8 Å². The number of rotatable bonds is 4. The van der Waals surface area contributed by atoms with E-state index in [1.54, 1.807) is 12.5 Å². The molecule has 1 N–H and O–H groups in total. The number of piperazine rings is 1. The van der Waals surface area contributed by atoms with Crippen LogP contribution in [-0.4, -0.2) is 51.9 Å². The number of nitrogens with one attached hydrogen (secondary N) is 1. The highest BCUT2D eigenvalue weighted by Crippen LogP contribution is 2.27. The highest BCUT2D eigenvalue weighted by Gasteiger charge is 2.29. The summed E-state index contributed by atoms with van der Waals surface area (Å²) in [7, 11) is 0. The minimum atomic E-state index is 0.259. The van der Waals surface area contributed by atoms with Gasteiger partial charge in [0.1, 0.15) is 23.8 Å². The van der Waals surface area contributed by atoms with E-state index in [-0.39, 0.29) is 5.92 Å². The first-order valence-corrected chi connectivity index (χ1v) is 9.33. The van der Waals surface area contributed by atoms with Crippen LogP contribution in [0, 0.1) is 5.92 Å². The molecule has 2 aliphatic rings. The zero-order valence-corrected chi connectivity index (χ0v) is 14.8.